The van der Waals surface area contributed by atoms with Crippen LogP contribution in [0.25, 0.3) is 5.69 Å². The van der Waals surface area contributed by atoms with E-state index >= 15 is 0 Å². The monoisotopic (exact) mass is 577 g/mol. The van der Waals surface area contributed by atoms with Gasteiger partial charge in [-0.25, -0.2) is 4.68 Å². The predicted octanol–water partition coefficient (Wildman–Crippen LogP) is 5.37. The summed E-state index contributed by atoms with van der Waals surface area (Å²) in [4.78, 5) is 31.7. The SMILES string of the molecule is CCCN1C(=O)[C@@H](CC2CCCCC2)NC(=O)C12CCN(Cc1c(C)nn(-c3ccccc3)c1C)CC2.Cl.Cl. The number of para-hydroxylation sites is 1. The Balaban J connectivity index is 0.00000210. The Morgan fingerprint density at radius 3 is 2.31 bits per heavy atom. The fourth-order valence-corrected chi connectivity index (χ4v) is 6.87. The molecule has 0 bridgehead atoms. The first kappa shape index (κ1) is 31.4. The molecule has 2 saturated heterocycles. The van der Waals surface area contributed by atoms with Crippen molar-refractivity contribution in [2.45, 2.75) is 96.7 Å². The second kappa shape index (κ2) is 13.5. The van der Waals surface area contributed by atoms with Crippen molar-refractivity contribution >= 4 is 36.6 Å². The van der Waals surface area contributed by atoms with Gasteiger partial charge >= 0.3 is 0 Å². The maximum atomic E-state index is 13.7. The summed E-state index contributed by atoms with van der Waals surface area (Å²) in [6.45, 7) is 9.39. The second-order valence-electron chi connectivity index (χ2n) is 11.5. The van der Waals surface area contributed by atoms with Gasteiger partial charge in [-0.3, -0.25) is 14.5 Å². The van der Waals surface area contributed by atoms with Gasteiger partial charge in [0.1, 0.15) is 11.6 Å². The van der Waals surface area contributed by atoms with E-state index < -0.39 is 5.54 Å². The molecule has 0 radical (unpaired) electrons. The van der Waals surface area contributed by atoms with E-state index in [1.165, 1.54) is 37.7 Å². The minimum Gasteiger partial charge on any atom is -0.342 e. The second-order valence-corrected chi connectivity index (χ2v) is 11.5. The van der Waals surface area contributed by atoms with E-state index in [9.17, 15) is 9.59 Å². The molecule has 2 amide bonds. The van der Waals surface area contributed by atoms with E-state index in [1.54, 1.807) is 0 Å². The number of likely N-dealkylation sites (tertiary alicyclic amines) is 1. The summed E-state index contributed by atoms with van der Waals surface area (Å²) >= 11 is 0. The number of nitrogens with zero attached hydrogens (tertiary/aromatic N) is 4. The van der Waals surface area contributed by atoms with Crippen LogP contribution in [-0.2, 0) is 16.1 Å². The topological polar surface area (TPSA) is 70.5 Å². The molecule has 7 nitrogen and oxygen atoms in total. The Bertz CT molecular complexity index is 1110. The van der Waals surface area contributed by atoms with Crippen LogP contribution in [0.2, 0.25) is 0 Å². The van der Waals surface area contributed by atoms with Gasteiger partial charge in [-0.1, -0.05) is 57.2 Å². The van der Waals surface area contributed by atoms with Crippen molar-refractivity contribution in [3.63, 3.8) is 0 Å². The first-order valence-corrected chi connectivity index (χ1v) is 14.4. The molecule has 1 spiro atoms. The Labute approximate surface area is 245 Å². The average molecular weight is 579 g/mol. The van der Waals surface area contributed by atoms with Gasteiger partial charge in [0.05, 0.1) is 11.4 Å². The van der Waals surface area contributed by atoms with E-state index in [-0.39, 0.29) is 42.7 Å². The minimum atomic E-state index is -0.703. The van der Waals surface area contributed by atoms with E-state index in [2.05, 4.69) is 43.1 Å². The molecule has 3 fully saturated rings. The van der Waals surface area contributed by atoms with E-state index in [1.807, 2.05) is 27.8 Å². The highest BCUT2D eigenvalue weighted by molar-refractivity contribution is 6.00. The zero-order valence-electron chi connectivity index (χ0n) is 23.7. The van der Waals surface area contributed by atoms with Gasteiger partial charge in [-0.2, -0.15) is 5.10 Å². The molecule has 1 aromatic heterocycles. The number of aryl methyl sites for hydroxylation is 1. The van der Waals surface area contributed by atoms with Crippen LogP contribution in [0.5, 0.6) is 0 Å². The molecule has 39 heavy (non-hydrogen) atoms. The van der Waals surface area contributed by atoms with Gasteiger partial charge in [0.15, 0.2) is 0 Å². The molecule has 1 aromatic carbocycles. The van der Waals surface area contributed by atoms with Crippen molar-refractivity contribution in [2.75, 3.05) is 19.6 Å². The lowest BCUT2D eigenvalue weighted by molar-refractivity contribution is -0.162. The Hall–Kier alpha value is -2.09. The highest BCUT2D eigenvalue weighted by Crippen LogP contribution is 2.36. The fraction of sp³-hybridized carbons (Fsp3) is 0.633. The largest absolute Gasteiger partial charge is 0.342 e. The van der Waals surface area contributed by atoms with Crippen molar-refractivity contribution in [3.05, 3.63) is 47.3 Å². The molecule has 2 aromatic rings. The predicted molar refractivity (Wildman–Crippen MR) is 160 cm³/mol. The molecule has 1 aliphatic carbocycles. The molecule has 216 valence electrons. The molecule has 1 atom stereocenters. The summed E-state index contributed by atoms with van der Waals surface area (Å²) in [6.07, 6.45) is 9.23. The van der Waals surface area contributed by atoms with E-state index in [4.69, 9.17) is 5.10 Å². The lowest BCUT2D eigenvalue weighted by Crippen LogP contribution is -2.73. The van der Waals surface area contributed by atoms with Crippen LogP contribution >= 0.6 is 24.8 Å². The Morgan fingerprint density at radius 2 is 1.67 bits per heavy atom. The minimum absolute atomic E-state index is 0. The number of benzene rings is 1. The molecule has 3 heterocycles. The third kappa shape index (κ3) is 6.31. The number of nitrogens with one attached hydrogen (secondary N) is 1. The summed E-state index contributed by atoms with van der Waals surface area (Å²) in [5.41, 5.74) is 3.83. The summed E-state index contributed by atoms with van der Waals surface area (Å²) < 4.78 is 2.03. The van der Waals surface area contributed by atoms with Crippen LogP contribution in [0.3, 0.4) is 0 Å². The molecule has 1 N–H and O–H groups in total. The van der Waals surface area contributed by atoms with E-state index in [0.717, 1.165) is 49.6 Å². The number of carbonyl (C=O) groups excluding carboxylic acids is 2. The average Bonchev–Trinajstić information content (AvgIpc) is 3.20. The number of rotatable bonds is 7. The van der Waals surface area contributed by atoms with Crippen molar-refractivity contribution in [1.82, 2.24) is 24.9 Å². The molecule has 0 unspecified atom stereocenters. The smallest absolute Gasteiger partial charge is 0.246 e. The maximum absolute atomic E-state index is 13.7. The quantitative estimate of drug-likeness (QED) is 0.480. The molecular weight excluding hydrogens is 533 g/mol. The third-order valence-electron chi connectivity index (χ3n) is 9.06. The van der Waals surface area contributed by atoms with Crippen LogP contribution < -0.4 is 5.32 Å². The summed E-state index contributed by atoms with van der Waals surface area (Å²) in [5, 5.41) is 8.02. The number of aromatic nitrogens is 2. The van der Waals surface area contributed by atoms with Crippen LogP contribution in [0.1, 0.15) is 81.7 Å². The summed E-state index contributed by atoms with van der Waals surface area (Å²) in [5.74, 6) is 0.784. The standard InChI is InChI=1S/C30H43N5O2.2ClH/c1-4-17-34-28(36)27(20-24-11-7-5-8-12-24)31-29(37)30(34)15-18-33(19-16-30)21-26-22(2)32-35(23(26)3)25-13-9-6-10-14-25;;/h6,9-10,13-14,24,27H,4-5,7-8,11-12,15-21H2,1-3H3,(H,31,37);2*1H/t27-;;/m1../s1. The van der Waals surface area contributed by atoms with Crippen LogP contribution in [0.15, 0.2) is 30.3 Å². The van der Waals surface area contributed by atoms with Crippen molar-refractivity contribution in [3.8, 4) is 5.69 Å². The lowest BCUT2D eigenvalue weighted by atomic mass is 9.79. The van der Waals surface area contributed by atoms with Gasteiger partial charge in [0, 0.05) is 37.4 Å². The molecule has 3 aliphatic rings. The van der Waals surface area contributed by atoms with Gasteiger partial charge in [0.25, 0.3) is 0 Å². The molecule has 2 aliphatic heterocycles. The first-order chi connectivity index (χ1) is 17.9. The Kier molecular flexibility index (Phi) is 10.9. The Morgan fingerprint density at radius 1 is 1.00 bits per heavy atom. The normalized spacial score (nSPS) is 21.8. The highest BCUT2D eigenvalue weighted by atomic mass is 35.5. The molecule has 5 rings (SSSR count). The van der Waals surface area contributed by atoms with Crippen LogP contribution in [0, 0.1) is 19.8 Å². The number of piperidine rings is 1. The van der Waals surface area contributed by atoms with Gasteiger partial charge in [-0.15, -0.1) is 24.8 Å². The highest BCUT2D eigenvalue weighted by Gasteiger charge is 2.53. The van der Waals surface area contributed by atoms with Crippen LogP contribution in [-0.4, -0.2) is 62.6 Å². The first-order valence-electron chi connectivity index (χ1n) is 14.4. The molecule has 9 heteroatoms. The number of carbonyl (C=O) groups is 2. The summed E-state index contributed by atoms with van der Waals surface area (Å²) in [7, 11) is 0. The van der Waals surface area contributed by atoms with Gasteiger partial charge in [0.2, 0.25) is 11.8 Å². The number of hydrogen-bond acceptors (Lipinski definition) is 4. The molecule has 1 saturated carbocycles. The van der Waals surface area contributed by atoms with Gasteiger partial charge in [-0.05, 0) is 57.6 Å². The third-order valence-corrected chi connectivity index (χ3v) is 9.06. The molecular formula is C30H45Cl2N5O2. The number of halogens is 2. The zero-order valence-corrected chi connectivity index (χ0v) is 25.3. The fourth-order valence-electron chi connectivity index (χ4n) is 6.87. The summed E-state index contributed by atoms with van der Waals surface area (Å²) in [6, 6.07) is 9.90. The van der Waals surface area contributed by atoms with E-state index in [0.29, 0.717) is 25.3 Å². The van der Waals surface area contributed by atoms with Crippen LogP contribution in [0.4, 0.5) is 0 Å². The number of amides is 2. The number of hydrogen-bond donors (Lipinski definition) is 1. The lowest BCUT2D eigenvalue weighted by Gasteiger charge is -2.52. The van der Waals surface area contributed by atoms with Gasteiger partial charge < -0.3 is 10.2 Å². The maximum Gasteiger partial charge on any atom is 0.246 e. The van der Waals surface area contributed by atoms with Crippen molar-refractivity contribution < 1.29 is 9.59 Å². The van der Waals surface area contributed by atoms with Crippen molar-refractivity contribution in [2.24, 2.45) is 5.92 Å². The number of piperazine rings is 1. The zero-order chi connectivity index (χ0) is 26.0. The van der Waals surface area contributed by atoms with Crippen molar-refractivity contribution in [1.29, 1.82) is 0 Å².